The molecule has 1 aliphatic rings. The first kappa shape index (κ1) is 21.5. The van der Waals surface area contributed by atoms with Gasteiger partial charge in [-0.15, -0.1) is 0 Å². The van der Waals surface area contributed by atoms with Crippen LogP contribution in [0.2, 0.25) is 0 Å². The zero-order valence-electron chi connectivity index (χ0n) is 16.4. The van der Waals surface area contributed by atoms with E-state index in [-0.39, 0.29) is 49.3 Å². The Kier molecular flexibility index (Phi) is 6.22. The topological polar surface area (TPSA) is 137 Å². The lowest BCUT2D eigenvalue weighted by molar-refractivity contribution is -0.389. The van der Waals surface area contributed by atoms with Gasteiger partial charge in [-0.3, -0.25) is 4.79 Å². The molecule has 1 saturated heterocycles. The van der Waals surface area contributed by atoms with E-state index in [1.165, 1.54) is 58.7 Å². The van der Waals surface area contributed by atoms with Crippen molar-refractivity contribution >= 4 is 21.7 Å². The number of aromatic nitrogens is 2. The van der Waals surface area contributed by atoms with Gasteiger partial charge in [0.2, 0.25) is 22.3 Å². The summed E-state index contributed by atoms with van der Waals surface area (Å²) in [6.45, 7) is 0.576. The Morgan fingerprint density at radius 2 is 1.83 bits per heavy atom. The first-order chi connectivity index (χ1) is 14.3. The molecule has 1 aliphatic heterocycles. The first-order valence-corrected chi connectivity index (χ1v) is 10.4. The molecule has 12 nitrogen and oxygen atoms in total. The molecular formula is C17H21N5O7S. The Hall–Kier alpha value is -3.19. The lowest BCUT2D eigenvalue weighted by Crippen LogP contribution is -2.51. The minimum absolute atomic E-state index is 0.0747. The fourth-order valence-corrected chi connectivity index (χ4v) is 4.53. The highest BCUT2D eigenvalue weighted by Crippen LogP contribution is 2.30. The molecular weight excluding hydrogens is 418 g/mol. The van der Waals surface area contributed by atoms with E-state index in [2.05, 4.69) is 4.98 Å². The molecule has 162 valence electrons. The zero-order valence-corrected chi connectivity index (χ0v) is 17.2. The van der Waals surface area contributed by atoms with Crippen LogP contribution in [0.4, 0.5) is 5.82 Å². The third-order valence-electron chi connectivity index (χ3n) is 4.71. The van der Waals surface area contributed by atoms with E-state index in [1.807, 2.05) is 0 Å². The standard InChI is InChI=1S/C17H21N5O7S/c1-28-14-4-3-13(9-15(14)29-2)30(26,27)21-7-5-20(6-8-21)17(23)11-19-10-16(18-12-19)22(24)25/h3-4,9-10,12H,5-8,11H2,1-2H3. The van der Waals surface area contributed by atoms with Gasteiger partial charge in [0, 0.05) is 32.2 Å². The van der Waals surface area contributed by atoms with Crippen LogP contribution in [0.1, 0.15) is 0 Å². The number of benzene rings is 1. The van der Waals surface area contributed by atoms with E-state index >= 15 is 0 Å². The molecule has 0 spiro atoms. The highest BCUT2D eigenvalue weighted by atomic mass is 32.2. The van der Waals surface area contributed by atoms with Gasteiger partial charge in [0.05, 0.1) is 19.1 Å². The van der Waals surface area contributed by atoms with Gasteiger partial charge in [-0.05, 0) is 22.0 Å². The second-order valence-corrected chi connectivity index (χ2v) is 8.40. The van der Waals surface area contributed by atoms with Crippen molar-refractivity contribution in [3.8, 4) is 11.5 Å². The van der Waals surface area contributed by atoms with Crippen molar-refractivity contribution in [2.45, 2.75) is 11.4 Å². The normalized spacial score (nSPS) is 15.1. The maximum Gasteiger partial charge on any atom is 0.381 e. The summed E-state index contributed by atoms with van der Waals surface area (Å²) in [5, 5.41) is 10.7. The molecule has 0 unspecified atom stereocenters. The highest BCUT2D eigenvalue weighted by molar-refractivity contribution is 7.89. The molecule has 0 radical (unpaired) electrons. The van der Waals surface area contributed by atoms with Crippen LogP contribution >= 0.6 is 0 Å². The molecule has 0 bridgehead atoms. The molecule has 0 atom stereocenters. The lowest BCUT2D eigenvalue weighted by Gasteiger charge is -2.34. The highest BCUT2D eigenvalue weighted by Gasteiger charge is 2.31. The van der Waals surface area contributed by atoms with Crippen LogP contribution < -0.4 is 9.47 Å². The number of imidazole rings is 1. The van der Waals surface area contributed by atoms with Crippen molar-refractivity contribution in [3.05, 3.63) is 40.8 Å². The van der Waals surface area contributed by atoms with Crippen molar-refractivity contribution in [3.63, 3.8) is 0 Å². The van der Waals surface area contributed by atoms with Crippen molar-refractivity contribution in [2.24, 2.45) is 0 Å². The number of rotatable bonds is 7. The summed E-state index contributed by atoms with van der Waals surface area (Å²) in [6.07, 6.45) is 2.39. The third-order valence-corrected chi connectivity index (χ3v) is 6.60. The van der Waals surface area contributed by atoms with Crippen LogP contribution in [0.25, 0.3) is 0 Å². The van der Waals surface area contributed by atoms with E-state index < -0.39 is 14.9 Å². The predicted molar refractivity (Wildman–Crippen MR) is 104 cm³/mol. The lowest BCUT2D eigenvalue weighted by atomic mass is 10.3. The number of sulfonamides is 1. The van der Waals surface area contributed by atoms with Crippen LogP contribution in [0, 0.1) is 10.1 Å². The molecule has 0 aliphatic carbocycles. The fourth-order valence-electron chi connectivity index (χ4n) is 3.09. The van der Waals surface area contributed by atoms with Gasteiger partial charge in [-0.2, -0.15) is 4.31 Å². The summed E-state index contributed by atoms with van der Waals surface area (Å²) in [7, 11) is -0.877. The molecule has 1 amide bonds. The molecule has 1 aromatic heterocycles. The van der Waals surface area contributed by atoms with E-state index in [0.717, 1.165) is 0 Å². The number of carbonyl (C=O) groups excluding carboxylic acids is 1. The quantitative estimate of drug-likeness (QED) is 0.445. The number of amides is 1. The summed E-state index contributed by atoms with van der Waals surface area (Å²) in [5.74, 6) is 0.118. The Morgan fingerprint density at radius 3 is 2.40 bits per heavy atom. The third kappa shape index (κ3) is 4.36. The molecule has 0 N–H and O–H groups in total. The van der Waals surface area contributed by atoms with E-state index in [0.29, 0.717) is 11.5 Å². The number of ether oxygens (including phenoxy) is 2. The Bertz CT molecular complexity index is 1040. The molecule has 30 heavy (non-hydrogen) atoms. The van der Waals surface area contributed by atoms with Gasteiger partial charge in [-0.25, -0.2) is 8.42 Å². The second-order valence-electron chi connectivity index (χ2n) is 6.46. The van der Waals surface area contributed by atoms with Gasteiger partial charge in [0.25, 0.3) is 0 Å². The SMILES string of the molecule is COc1ccc(S(=O)(=O)N2CCN(C(=O)Cn3cnc([N+](=O)[O-])c3)CC2)cc1OC. The van der Waals surface area contributed by atoms with Crippen molar-refractivity contribution < 1.29 is 27.6 Å². The van der Waals surface area contributed by atoms with Gasteiger partial charge in [0.15, 0.2) is 11.5 Å². The molecule has 1 aromatic carbocycles. The van der Waals surface area contributed by atoms with Crippen LogP contribution in [0.5, 0.6) is 11.5 Å². The van der Waals surface area contributed by atoms with Crippen LogP contribution in [0.15, 0.2) is 35.6 Å². The number of hydrogen-bond donors (Lipinski definition) is 0. The maximum atomic E-state index is 12.9. The first-order valence-electron chi connectivity index (χ1n) is 8.92. The average Bonchev–Trinajstić information content (AvgIpc) is 3.22. The number of nitro groups is 1. The number of hydrogen-bond acceptors (Lipinski definition) is 8. The van der Waals surface area contributed by atoms with E-state index in [9.17, 15) is 23.3 Å². The van der Waals surface area contributed by atoms with Crippen LogP contribution in [-0.4, -0.2) is 78.4 Å². The summed E-state index contributed by atoms with van der Waals surface area (Å²) >= 11 is 0. The van der Waals surface area contributed by atoms with Crippen LogP contribution in [0.3, 0.4) is 0 Å². The van der Waals surface area contributed by atoms with Crippen molar-refractivity contribution in [1.82, 2.24) is 18.8 Å². The second kappa shape index (κ2) is 8.67. The Balaban J connectivity index is 1.64. The fraction of sp³-hybridized carbons (Fsp3) is 0.412. The maximum absolute atomic E-state index is 12.9. The minimum Gasteiger partial charge on any atom is -0.493 e. The van der Waals surface area contributed by atoms with Gasteiger partial charge in [0.1, 0.15) is 12.7 Å². The number of piperazine rings is 1. The average molecular weight is 439 g/mol. The summed E-state index contributed by atoms with van der Waals surface area (Å²) in [6, 6.07) is 4.37. The predicted octanol–water partition coefficient (Wildman–Crippen LogP) is 0.342. The number of methoxy groups -OCH3 is 2. The van der Waals surface area contributed by atoms with E-state index in [1.54, 1.807) is 0 Å². The number of carbonyl (C=O) groups is 1. The molecule has 2 heterocycles. The molecule has 13 heteroatoms. The molecule has 2 aromatic rings. The monoisotopic (exact) mass is 439 g/mol. The molecule has 1 fully saturated rings. The summed E-state index contributed by atoms with van der Waals surface area (Å²) in [4.78, 5) is 27.7. The molecule has 3 rings (SSSR count). The largest absolute Gasteiger partial charge is 0.493 e. The number of nitrogens with zero attached hydrogens (tertiary/aromatic N) is 5. The van der Waals surface area contributed by atoms with Gasteiger partial charge >= 0.3 is 5.82 Å². The van der Waals surface area contributed by atoms with Gasteiger partial charge < -0.3 is 29.1 Å². The summed E-state index contributed by atoms with van der Waals surface area (Å²) in [5.41, 5.74) is 0. The zero-order chi connectivity index (χ0) is 21.9. The Morgan fingerprint density at radius 1 is 1.17 bits per heavy atom. The van der Waals surface area contributed by atoms with Crippen LogP contribution in [-0.2, 0) is 21.4 Å². The summed E-state index contributed by atoms with van der Waals surface area (Å²) < 4.78 is 38.8. The van der Waals surface area contributed by atoms with Crippen molar-refractivity contribution in [2.75, 3.05) is 40.4 Å². The van der Waals surface area contributed by atoms with Gasteiger partial charge in [-0.1, -0.05) is 0 Å². The molecule has 0 saturated carbocycles. The smallest absolute Gasteiger partial charge is 0.381 e. The van der Waals surface area contributed by atoms with Crippen molar-refractivity contribution in [1.29, 1.82) is 0 Å². The minimum atomic E-state index is -3.76. The Labute approximate surface area is 172 Å². The van der Waals surface area contributed by atoms with E-state index in [4.69, 9.17) is 9.47 Å².